The van der Waals surface area contributed by atoms with Crippen molar-refractivity contribution in [3.8, 4) is 0 Å². The molecule has 2 aliphatic rings. The van der Waals surface area contributed by atoms with Gasteiger partial charge in [-0.1, -0.05) is 85.0 Å². The van der Waals surface area contributed by atoms with E-state index in [9.17, 15) is 0 Å². The molecule has 0 spiro atoms. The molecule has 1 aliphatic carbocycles. The van der Waals surface area contributed by atoms with Gasteiger partial charge in [0.2, 0.25) is 5.52 Å². The summed E-state index contributed by atoms with van der Waals surface area (Å²) >= 11 is 0. The molecule has 3 aromatic carbocycles. The molecule has 0 saturated carbocycles. The van der Waals surface area contributed by atoms with Gasteiger partial charge >= 0.3 is 0 Å². The van der Waals surface area contributed by atoms with Crippen LogP contribution in [0.5, 0.6) is 0 Å². The summed E-state index contributed by atoms with van der Waals surface area (Å²) in [6.45, 7) is 6.32. The average Bonchev–Trinajstić information content (AvgIpc) is 3.41. The number of hydrogen-bond donors (Lipinski definition) is 0. The first-order valence-corrected chi connectivity index (χ1v) is 14.1. The van der Waals surface area contributed by atoms with Crippen LogP contribution in [0.2, 0.25) is 0 Å². The van der Waals surface area contributed by atoms with E-state index in [0.29, 0.717) is 0 Å². The van der Waals surface area contributed by atoms with E-state index < -0.39 is 0 Å². The molecule has 0 N–H and O–H groups in total. The quantitative estimate of drug-likeness (QED) is 0.237. The summed E-state index contributed by atoms with van der Waals surface area (Å²) in [5.74, 6) is 0. The van der Waals surface area contributed by atoms with Gasteiger partial charge in [-0.25, -0.2) is 0 Å². The summed E-state index contributed by atoms with van der Waals surface area (Å²) in [5, 5.41) is 1.29. The standard InChI is InChI=1S/C37H35N2/c1-3-38-26-24-28(33-14-8-10-16-35(33)38)18-20-31-22-23-32(37(31)30-12-6-5-7-13-30)21-19-29-25-27-39(4-2)36-17-11-9-15-34(29)36/h5-21,24-27H,3-4,22-23H2,1-2H3/q+1. The predicted molar refractivity (Wildman–Crippen MR) is 166 cm³/mol. The molecule has 2 heteroatoms. The Balaban J connectivity index is 1.41. The van der Waals surface area contributed by atoms with Crippen LogP contribution >= 0.6 is 0 Å². The molecular weight excluding hydrogens is 472 g/mol. The maximum atomic E-state index is 2.35. The summed E-state index contributed by atoms with van der Waals surface area (Å²) in [4.78, 5) is 2.31. The van der Waals surface area contributed by atoms with Crippen LogP contribution in [0, 0.1) is 0 Å². The zero-order valence-electron chi connectivity index (χ0n) is 22.8. The number of aryl methyl sites for hydroxylation is 1. The SMILES string of the molecule is CCN1C=CC(=CC=C2CCC(C=Cc3cc[n+](CC)c4ccccc34)=C2c2ccccc2)c2ccccc21. The van der Waals surface area contributed by atoms with Crippen molar-refractivity contribution in [1.82, 2.24) is 0 Å². The van der Waals surface area contributed by atoms with E-state index in [-0.39, 0.29) is 0 Å². The molecule has 2 nitrogen and oxygen atoms in total. The Bertz CT molecular complexity index is 1660. The molecule has 192 valence electrons. The van der Waals surface area contributed by atoms with Crippen molar-refractivity contribution >= 4 is 33.8 Å². The summed E-state index contributed by atoms with van der Waals surface area (Å²) in [6.07, 6.45) is 18.1. The first kappa shape index (κ1) is 24.9. The van der Waals surface area contributed by atoms with E-state index in [1.165, 1.54) is 55.6 Å². The molecule has 4 aromatic rings. The minimum Gasteiger partial charge on any atom is -0.348 e. The lowest BCUT2D eigenvalue weighted by atomic mass is 9.95. The molecule has 6 rings (SSSR count). The number of allylic oxidation sites excluding steroid dienone is 8. The Morgan fingerprint density at radius 1 is 0.795 bits per heavy atom. The number of fused-ring (bicyclic) bond motifs is 2. The fourth-order valence-corrected chi connectivity index (χ4v) is 5.87. The number of anilines is 1. The summed E-state index contributed by atoms with van der Waals surface area (Å²) in [6, 6.07) is 30.5. The summed E-state index contributed by atoms with van der Waals surface area (Å²) in [7, 11) is 0. The Kier molecular flexibility index (Phi) is 7.10. The highest BCUT2D eigenvalue weighted by atomic mass is 15.1. The molecule has 2 heterocycles. The molecule has 0 bridgehead atoms. The Morgan fingerprint density at radius 2 is 1.59 bits per heavy atom. The van der Waals surface area contributed by atoms with E-state index in [0.717, 1.165) is 25.9 Å². The van der Waals surface area contributed by atoms with Gasteiger partial charge in [-0.05, 0) is 78.3 Å². The van der Waals surface area contributed by atoms with Crippen molar-refractivity contribution in [2.45, 2.75) is 33.2 Å². The van der Waals surface area contributed by atoms with E-state index in [4.69, 9.17) is 0 Å². The molecular formula is C37H35N2+. The van der Waals surface area contributed by atoms with Gasteiger partial charge < -0.3 is 4.90 Å². The fourth-order valence-electron chi connectivity index (χ4n) is 5.87. The minimum atomic E-state index is 0.966. The molecule has 39 heavy (non-hydrogen) atoms. The van der Waals surface area contributed by atoms with Crippen LogP contribution in [-0.2, 0) is 6.54 Å². The van der Waals surface area contributed by atoms with Gasteiger partial charge in [0, 0.05) is 36.1 Å². The Morgan fingerprint density at radius 3 is 2.44 bits per heavy atom. The first-order valence-electron chi connectivity index (χ1n) is 14.1. The second-order valence-electron chi connectivity index (χ2n) is 10.1. The molecule has 0 saturated heterocycles. The average molecular weight is 508 g/mol. The maximum absolute atomic E-state index is 2.35. The maximum Gasteiger partial charge on any atom is 0.213 e. The van der Waals surface area contributed by atoms with Gasteiger partial charge in [-0.3, -0.25) is 0 Å². The van der Waals surface area contributed by atoms with E-state index >= 15 is 0 Å². The van der Waals surface area contributed by atoms with Crippen LogP contribution < -0.4 is 9.47 Å². The van der Waals surface area contributed by atoms with Gasteiger partial charge in [-0.15, -0.1) is 0 Å². The third-order valence-electron chi connectivity index (χ3n) is 7.89. The smallest absolute Gasteiger partial charge is 0.213 e. The van der Waals surface area contributed by atoms with Crippen LogP contribution in [0.3, 0.4) is 0 Å². The molecule has 0 unspecified atom stereocenters. The summed E-state index contributed by atoms with van der Waals surface area (Å²) < 4.78 is 2.31. The van der Waals surface area contributed by atoms with Gasteiger partial charge in [-0.2, -0.15) is 4.57 Å². The largest absolute Gasteiger partial charge is 0.348 e. The number of rotatable bonds is 6. The molecule has 0 amide bonds. The third-order valence-corrected chi connectivity index (χ3v) is 7.89. The van der Waals surface area contributed by atoms with Crippen LogP contribution in [0.4, 0.5) is 5.69 Å². The number of pyridine rings is 1. The van der Waals surface area contributed by atoms with Crippen molar-refractivity contribution in [3.63, 3.8) is 0 Å². The molecule has 0 atom stereocenters. The first-order chi connectivity index (χ1) is 19.3. The minimum absolute atomic E-state index is 0.966. The van der Waals surface area contributed by atoms with Gasteiger partial charge in [0.25, 0.3) is 0 Å². The highest BCUT2D eigenvalue weighted by molar-refractivity contribution is 5.91. The van der Waals surface area contributed by atoms with Gasteiger partial charge in [0.05, 0.1) is 5.39 Å². The zero-order valence-corrected chi connectivity index (χ0v) is 22.8. The molecule has 0 radical (unpaired) electrons. The number of para-hydroxylation sites is 2. The van der Waals surface area contributed by atoms with Gasteiger partial charge in [0.1, 0.15) is 6.54 Å². The number of aromatic nitrogens is 1. The van der Waals surface area contributed by atoms with Crippen LogP contribution in [0.25, 0.3) is 28.1 Å². The second kappa shape index (κ2) is 11.1. The number of benzene rings is 3. The highest BCUT2D eigenvalue weighted by Crippen LogP contribution is 2.40. The van der Waals surface area contributed by atoms with Crippen molar-refractivity contribution in [2.24, 2.45) is 0 Å². The van der Waals surface area contributed by atoms with E-state index in [1.54, 1.807) is 0 Å². The lowest BCUT2D eigenvalue weighted by Crippen LogP contribution is -2.32. The normalized spacial score (nSPS) is 17.2. The number of nitrogens with zero attached hydrogens (tertiary/aromatic N) is 2. The Labute approximate surface area is 232 Å². The Hall–Kier alpha value is -4.43. The third kappa shape index (κ3) is 4.91. The second-order valence-corrected chi connectivity index (χ2v) is 10.1. The predicted octanol–water partition coefficient (Wildman–Crippen LogP) is 8.77. The summed E-state index contributed by atoms with van der Waals surface area (Å²) in [5.41, 5.74) is 11.8. The zero-order chi connectivity index (χ0) is 26.6. The fraction of sp³-hybridized carbons (Fsp3) is 0.162. The van der Waals surface area contributed by atoms with Crippen LogP contribution in [0.15, 0.2) is 133 Å². The van der Waals surface area contributed by atoms with Crippen LogP contribution in [-0.4, -0.2) is 6.54 Å². The van der Waals surface area contributed by atoms with Gasteiger partial charge in [0.15, 0.2) is 6.20 Å². The molecule has 0 fully saturated rings. The van der Waals surface area contributed by atoms with Crippen molar-refractivity contribution < 1.29 is 4.57 Å². The van der Waals surface area contributed by atoms with Crippen molar-refractivity contribution in [2.75, 3.05) is 11.4 Å². The highest BCUT2D eigenvalue weighted by Gasteiger charge is 2.20. The molecule has 1 aromatic heterocycles. The van der Waals surface area contributed by atoms with Crippen molar-refractivity contribution in [3.05, 3.63) is 149 Å². The van der Waals surface area contributed by atoms with Crippen LogP contribution in [0.1, 0.15) is 43.4 Å². The number of hydrogen-bond acceptors (Lipinski definition) is 1. The lowest BCUT2D eigenvalue weighted by molar-refractivity contribution is -0.667. The monoisotopic (exact) mass is 507 g/mol. The topological polar surface area (TPSA) is 7.12 Å². The van der Waals surface area contributed by atoms with E-state index in [1.807, 2.05) is 0 Å². The van der Waals surface area contributed by atoms with Crippen molar-refractivity contribution in [1.29, 1.82) is 0 Å². The van der Waals surface area contributed by atoms with E-state index in [2.05, 4.69) is 151 Å². The molecule has 1 aliphatic heterocycles. The lowest BCUT2D eigenvalue weighted by Gasteiger charge is -2.26.